The van der Waals surface area contributed by atoms with Crippen molar-refractivity contribution in [3.05, 3.63) is 53.5 Å². The lowest BCUT2D eigenvalue weighted by molar-refractivity contribution is 0.231. The first-order valence-corrected chi connectivity index (χ1v) is 6.21. The van der Waals surface area contributed by atoms with Gasteiger partial charge in [0.05, 0.1) is 13.7 Å². The van der Waals surface area contributed by atoms with E-state index in [1.807, 2.05) is 25.2 Å². The SMILES string of the molecule is COc1ccc(CN(C)Cc2ccc(CO)o2)cc1. The first-order valence-electron chi connectivity index (χ1n) is 6.21. The van der Waals surface area contributed by atoms with Gasteiger partial charge in [0.15, 0.2) is 0 Å². The van der Waals surface area contributed by atoms with Gasteiger partial charge in [-0.05, 0) is 36.9 Å². The van der Waals surface area contributed by atoms with Crippen LogP contribution in [-0.4, -0.2) is 24.2 Å². The molecule has 0 unspecified atom stereocenters. The number of hydrogen-bond donors (Lipinski definition) is 1. The van der Waals surface area contributed by atoms with Crippen LogP contribution in [0.2, 0.25) is 0 Å². The van der Waals surface area contributed by atoms with E-state index in [0.717, 1.165) is 18.1 Å². The summed E-state index contributed by atoms with van der Waals surface area (Å²) >= 11 is 0. The number of furan rings is 1. The van der Waals surface area contributed by atoms with Gasteiger partial charge in [-0.2, -0.15) is 0 Å². The van der Waals surface area contributed by atoms with Crippen LogP contribution in [0.25, 0.3) is 0 Å². The van der Waals surface area contributed by atoms with Gasteiger partial charge in [-0.3, -0.25) is 4.90 Å². The van der Waals surface area contributed by atoms with Gasteiger partial charge in [0.25, 0.3) is 0 Å². The zero-order valence-corrected chi connectivity index (χ0v) is 11.3. The molecule has 0 fully saturated rings. The van der Waals surface area contributed by atoms with Gasteiger partial charge < -0.3 is 14.3 Å². The third-order valence-corrected chi connectivity index (χ3v) is 2.91. The quantitative estimate of drug-likeness (QED) is 0.867. The largest absolute Gasteiger partial charge is 0.497 e. The van der Waals surface area contributed by atoms with Crippen LogP contribution >= 0.6 is 0 Å². The summed E-state index contributed by atoms with van der Waals surface area (Å²) in [5.41, 5.74) is 1.22. The standard InChI is InChI=1S/C15H19NO3/c1-16(10-14-7-8-15(11-17)19-14)9-12-3-5-13(18-2)6-4-12/h3-8,17H,9-11H2,1-2H3. The lowest BCUT2D eigenvalue weighted by Gasteiger charge is -2.15. The van der Waals surface area contributed by atoms with Crippen LogP contribution in [0.15, 0.2) is 40.8 Å². The molecule has 1 aromatic carbocycles. The molecule has 4 heteroatoms. The fourth-order valence-corrected chi connectivity index (χ4v) is 1.96. The number of rotatable bonds is 6. The van der Waals surface area contributed by atoms with E-state index in [-0.39, 0.29) is 6.61 Å². The topological polar surface area (TPSA) is 45.8 Å². The molecule has 2 aromatic rings. The summed E-state index contributed by atoms with van der Waals surface area (Å²) in [6.45, 7) is 1.49. The minimum atomic E-state index is -0.0534. The fraction of sp³-hybridized carbons (Fsp3) is 0.333. The molecular weight excluding hydrogens is 242 g/mol. The summed E-state index contributed by atoms with van der Waals surface area (Å²) < 4.78 is 10.6. The number of methoxy groups -OCH3 is 1. The van der Waals surface area contributed by atoms with Gasteiger partial charge in [0.1, 0.15) is 23.9 Å². The molecule has 0 aliphatic heterocycles. The smallest absolute Gasteiger partial charge is 0.129 e. The average Bonchev–Trinajstić information content (AvgIpc) is 2.87. The van der Waals surface area contributed by atoms with E-state index < -0.39 is 0 Å². The van der Waals surface area contributed by atoms with Gasteiger partial charge >= 0.3 is 0 Å². The first-order chi connectivity index (χ1) is 9.21. The van der Waals surface area contributed by atoms with Crippen LogP contribution in [0.3, 0.4) is 0 Å². The Morgan fingerprint density at radius 1 is 1.05 bits per heavy atom. The minimum Gasteiger partial charge on any atom is -0.497 e. The summed E-state index contributed by atoms with van der Waals surface area (Å²) in [7, 11) is 3.70. The molecule has 0 spiro atoms. The highest BCUT2D eigenvalue weighted by molar-refractivity contribution is 5.27. The molecule has 19 heavy (non-hydrogen) atoms. The number of aliphatic hydroxyl groups is 1. The average molecular weight is 261 g/mol. The van der Waals surface area contributed by atoms with Crippen molar-refractivity contribution in [2.75, 3.05) is 14.2 Å². The predicted molar refractivity (Wildman–Crippen MR) is 72.8 cm³/mol. The maximum Gasteiger partial charge on any atom is 0.129 e. The van der Waals surface area contributed by atoms with Crippen LogP contribution in [0.1, 0.15) is 17.1 Å². The summed E-state index contributed by atoms with van der Waals surface area (Å²) in [5.74, 6) is 2.33. The molecule has 4 nitrogen and oxygen atoms in total. The van der Waals surface area contributed by atoms with Crippen molar-refractivity contribution < 1.29 is 14.3 Å². The molecular formula is C15H19NO3. The van der Waals surface area contributed by atoms with Crippen LogP contribution < -0.4 is 4.74 Å². The Morgan fingerprint density at radius 3 is 2.32 bits per heavy atom. The second-order valence-corrected chi connectivity index (χ2v) is 4.55. The maximum absolute atomic E-state index is 8.95. The van der Waals surface area contributed by atoms with E-state index in [9.17, 15) is 0 Å². The molecule has 102 valence electrons. The molecule has 0 aliphatic rings. The number of benzene rings is 1. The van der Waals surface area contributed by atoms with Crippen molar-refractivity contribution in [3.63, 3.8) is 0 Å². The van der Waals surface area contributed by atoms with Crippen molar-refractivity contribution >= 4 is 0 Å². The molecule has 0 bridgehead atoms. The van der Waals surface area contributed by atoms with Crippen molar-refractivity contribution in [2.45, 2.75) is 19.7 Å². The van der Waals surface area contributed by atoms with Crippen molar-refractivity contribution in [1.82, 2.24) is 4.90 Å². The summed E-state index contributed by atoms with van der Waals surface area (Å²) in [4.78, 5) is 2.15. The Morgan fingerprint density at radius 2 is 1.74 bits per heavy atom. The van der Waals surface area contributed by atoms with Gasteiger partial charge in [0, 0.05) is 6.54 Å². The molecule has 0 saturated heterocycles. The highest BCUT2D eigenvalue weighted by Crippen LogP contribution is 2.15. The Hall–Kier alpha value is -1.78. The molecule has 2 rings (SSSR count). The third kappa shape index (κ3) is 3.84. The molecule has 0 saturated carbocycles. The van der Waals surface area contributed by atoms with E-state index in [1.165, 1.54) is 5.56 Å². The zero-order valence-electron chi connectivity index (χ0n) is 11.3. The highest BCUT2D eigenvalue weighted by Gasteiger charge is 2.06. The number of aliphatic hydroxyl groups excluding tert-OH is 1. The van der Waals surface area contributed by atoms with Crippen LogP contribution in [0.5, 0.6) is 5.75 Å². The highest BCUT2D eigenvalue weighted by atomic mass is 16.5. The summed E-state index contributed by atoms with van der Waals surface area (Å²) in [6.07, 6.45) is 0. The van der Waals surface area contributed by atoms with Crippen molar-refractivity contribution in [2.24, 2.45) is 0 Å². The second kappa shape index (κ2) is 6.41. The fourth-order valence-electron chi connectivity index (χ4n) is 1.96. The normalized spacial score (nSPS) is 10.9. The molecule has 0 aliphatic carbocycles. The van der Waals surface area contributed by atoms with E-state index >= 15 is 0 Å². The summed E-state index contributed by atoms with van der Waals surface area (Å²) in [5, 5.41) is 8.95. The Labute approximate surface area is 113 Å². The van der Waals surface area contributed by atoms with Gasteiger partial charge in [-0.1, -0.05) is 12.1 Å². The van der Waals surface area contributed by atoms with E-state index in [4.69, 9.17) is 14.3 Å². The Balaban J connectivity index is 1.90. The zero-order chi connectivity index (χ0) is 13.7. The third-order valence-electron chi connectivity index (χ3n) is 2.91. The first kappa shape index (κ1) is 13.6. The molecule has 1 heterocycles. The monoisotopic (exact) mass is 261 g/mol. The van der Waals surface area contributed by atoms with Gasteiger partial charge in [-0.25, -0.2) is 0 Å². The molecule has 0 amide bonds. The Bertz CT molecular complexity index is 504. The number of ether oxygens (including phenoxy) is 1. The molecule has 1 aromatic heterocycles. The van der Waals surface area contributed by atoms with Gasteiger partial charge in [0.2, 0.25) is 0 Å². The van der Waals surface area contributed by atoms with Crippen LogP contribution in [0.4, 0.5) is 0 Å². The van der Waals surface area contributed by atoms with Crippen LogP contribution in [0, 0.1) is 0 Å². The molecule has 1 N–H and O–H groups in total. The lowest BCUT2D eigenvalue weighted by Crippen LogP contribution is -2.16. The van der Waals surface area contributed by atoms with Crippen LogP contribution in [-0.2, 0) is 19.7 Å². The molecule has 0 radical (unpaired) electrons. The Kier molecular flexibility index (Phi) is 4.60. The maximum atomic E-state index is 8.95. The number of nitrogens with zero attached hydrogens (tertiary/aromatic N) is 1. The van der Waals surface area contributed by atoms with E-state index in [2.05, 4.69) is 17.0 Å². The van der Waals surface area contributed by atoms with E-state index in [1.54, 1.807) is 13.2 Å². The second-order valence-electron chi connectivity index (χ2n) is 4.55. The van der Waals surface area contributed by atoms with E-state index in [0.29, 0.717) is 12.3 Å². The summed E-state index contributed by atoms with van der Waals surface area (Å²) in [6, 6.07) is 11.7. The molecule has 0 atom stereocenters. The van der Waals surface area contributed by atoms with Crippen molar-refractivity contribution in [1.29, 1.82) is 0 Å². The lowest BCUT2D eigenvalue weighted by atomic mass is 10.2. The van der Waals surface area contributed by atoms with Crippen molar-refractivity contribution in [3.8, 4) is 5.75 Å². The van der Waals surface area contributed by atoms with Gasteiger partial charge in [-0.15, -0.1) is 0 Å². The number of hydrogen-bond acceptors (Lipinski definition) is 4. The predicted octanol–water partition coefficient (Wildman–Crippen LogP) is 2.41. The minimum absolute atomic E-state index is 0.0534.